The quantitative estimate of drug-likeness (QED) is 0.399. The second kappa shape index (κ2) is 7.22. The van der Waals surface area contributed by atoms with E-state index in [-0.39, 0.29) is 12.3 Å². The van der Waals surface area contributed by atoms with Gasteiger partial charge < -0.3 is 21.6 Å². The predicted octanol–water partition coefficient (Wildman–Crippen LogP) is 0.443. The van der Waals surface area contributed by atoms with Crippen molar-refractivity contribution in [2.24, 2.45) is 16.6 Å². The highest BCUT2D eigenvalue weighted by molar-refractivity contribution is 6.33. The third-order valence-electron chi connectivity index (χ3n) is 1.88. The number of hydrogen-bond acceptors (Lipinski definition) is 4. The van der Waals surface area contributed by atoms with E-state index in [0.717, 1.165) is 0 Å². The number of halogens is 1. The number of nitrogens with one attached hydrogen (secondary N) is 1. The number of amides is 2. The van der Waals surface area contributed by atoms with E-state index in [0.29, 0.717) is 10.7 Å². The molecule has 1 rings (SSSR count). The van der Waals surface area contributed by atoms with Crippen LogP contribution in [0.2, 0.25) is 5.02 Å². The van der Waals surface area contributed by atoms with E-state index < -0.39 is 18.4 Å². The van der Waals surface area contributed by atoms with Crippen molar-refractivity contribution in [2.45, 2.75) is 6.42 Å². The molecule has 0 radical (unpaired) electrons. The lowest BCUT2D eigenvalue weighted by Gasteiger charge is -2.06. The average molecular weight is 285 g/mol. The molecule has 19 heavy (non-hydrogen) atoms. The summed E-state index contributed by atoms with van der Waals surface area (Å²) in [5.41, 5.74) is 10.7. The number of para-hydroxylation sites is 1. The Morgan fingerprint density at radius 2 is 2.00 bits per heavy atom. The van der Waals surface area contributed by atoms with Crippen molar-refractivity contribution in [3.63, 3.8) is 0 Å². The lowest BCUT2D eigenvalue weighted by molar-refractivity contribution is -0.122. The standard InChI is InChI=1S/C11H13ClN4O3/c12-7-3-1-2-4-8(7)15-11(18)5-9(13)16-19-6-10(14)17/h1-4H,5-6H2,(H2,13,16)(H2,14,17)(H,15,18). The minimum absolute atomic E-state index is 0.0780. The average Bonchev–Trinajstić information content (AvgIpc) is 2.31. The summed E-state index contributed by atoms with van der Waals surface area (Å²) in [6, 6.07) is 6.77. The molecule has 7 nitrogen and oxygen atoms in total. The van der Waals surface area contributed by atoms with Crippen LogP contribution >= 0.6 is 11.6 Å². The molecule has 0 aromatic heterocycles. The van der Waals surface area contributed by atoms with Crippen molar-refractivity contribution < 1.29 is 14.4 Å². The summed E-state index contributed by atoms with van der Waals surface area (Å²) in [4.78, 5) is 26.5. The second-order valence-corrected chi connectivity index (χ2v) is 3.93. The summed E-state index contributed by atoms with van der Waals surface area (Å²) in [5.74, 6) is -1.17. The molecule has 0 bridgehead atoms. The number of oxime groups is 1. The van der Waals surface area contributed by atoms with E-state index in [1.807, 2.05) is 0 Å². The molecule has 102 valence electrons. The summed E-state index contributed by atoms with van der Waals surface area (Å²) in [6.45, 7) is -0.396. The molecule has 0 fully saturated rings. The highest BCUT2D eigenvalue weighted by atomic mass is 35.5. The van der Waals surface area contributed by atoms with Gasteiger partial charge in [-0.2, -0.15) is 0 Å². The van der Waals surface area contributed by atoms with Gasteiger partial charge in [0.1, 0.15) is 5.84 Å². The summed E-state index contributed by atoms with van der Waals surface area (Å²) >= 11 is 5.87. The zero-order valence-corrected chi connectivity index (χ0v) is 10.7. The maximum absolute atomic E-state index is 11.6. The Morgan fingerprint density at radius 1 is 1.32 bits per heavy atom. The van der Waals surface area contributed by atoms with Crippen LogP contribution in [0.1, 0.15) is 6.42 Å². The van der Waals surface area contributed by atoms with Crippen LogP contribution in [0, 0.1) is 0 Å². The number of hydrogen-bond donors (Lipinski definition) is 3. The van der Waals surface area contributed by atoms with Gasteiger partial charge in [-0.3, -0.25) is 9.59 Å². The number of nitrogens with zero attached hydrogens (tertiary/aromatic N) is 1. The van der Waals surface area contributed by atoms with Gasteiger partial charge in [-0.05, 0) is 12.1 Å². The number of anilines is 1. The van der Waals surface area contributed by atoms with Gasteiger partial charge in [0.15, 0.2) is 6.61 Å². The minimum Gasteiger partial charge on any atom is -0.384 e. The summed E-state index contributed by atoms with van der Waals surface area (Å²) in [7, 11) is 0. The molecule has 0 aliphatic rings. The third kappa shape index (κ3) is 5.73. The van der Waals surface area contributed by atoms with Gasteiger partial charge in [-0.25, -0.2) is 0 Å². The fourth-order valence-corrected chi connectivity index (χ4v) is 1.32. The number of carbonyl (C=O) groups excluding carboxylic acids is 2. The first-order valence-electron chi connectivity index (χ1n) is 5.26. The summed E-state index contributed by atoms with van der Waals surface area (Å²) in [6.07, 6.45) is -0.190. The van der Waals surface area contributed by atoms with Crippen molar-refractivity contribution >= 4 is 34.9 Å². The fourth-order valence-electron chi connectivity index (χ4n) is 1.13. The van der Waals surface area contributed by atoms with E-state index in [9.17, 15) is 9.59 Å². The Bertz CT molecular complexity index is 504. The van der Waals surface area contributed by atoms with Crippen LogP contribution in [-0.2, 0) is 14.4 Å². The Kier molecular flexibility index (Phi) is 5.62. The van der Waals surface area contributed by atoms with Crippen molar-refractivity contribution in [1.29, 1.82) is 0 Å². The summed E-state index contributed by atoms with van der Waals surface area (Å²) < 4.78 is 0. The second-order valence-electron chi connectivity index (χ2n) is 3.53. The van der Waals surface area contributed by atoms with Crippen molar-refractivity contribution in [1.82, 2.24) is 0 Å². The fraction of sp³-hybridized carbons (Fsp3) is 0.182. The van der Waals surface area contributed by atoms with E-state index >= 15 is 0 Å². The molecule has 2 amide bonds. The molecule has 0 saturated heterocycles. The molecule has 0 unspecified atom stereocenters. The lowest BCUT2D eigenvalue weighted by Crippen LogP contribution is -2.23. The number of carbonyl (C=O) groups is 2. The van der Waals surface area contributed by atoms with E-state index in [1.165, 1.54) is 0 Å². The topological polar surface area (TPSA) is 120 Å². The van der Waals surface area contributed by atoms with Gasteiger partial charge in [0.25, 0.3) is 5.91 Å². The number of rotatable bonds is 6. The predicted molar refractivity (Wildman–Crippen MR) is 71.5 cm³/mol. The maximum atomic E-state index is 11.6. The smallest absolute Gasteiger partial charge is 0.258 e. The molecule has 5 N–H and O–H groups in total. The van der Waals surface area contributed by atoms with Crippen LogP contribution < -0.4 is 16.8 Å². The summed E-state index contributed by atoms with van der Waals surface area (Å²) in [5, 5.41) is 6.34. The SMILES string of the molecule is NC(=O)CON=C(N)CC(=O)Nc1ccccc1Cl. The number of amidine groups is 1. The van der Waals surface area contributed by atoms with Gasteiger partial charge >= 0.3 is 0 Å². The van der Waals surface area contributed by atoms with Gasteiger partial charge in [-0.15, -0.1) is 0 Å². The number of nitrogens with two attached hydrogens (primary N) is 2. The Labute approximate surface area is 114 Å². The zero-order valence-electron chi connectivity index (χ0n) is 9.93. The third-order valence-corrected chi connectivity index (χ3v) is 2.21. The minimum atomic E-state index is -0.683. The largest absolute Gasteiger partial charge is 0.384 e. The molecule has 0 spiro atoms. The lowest BCUT2D eigenvalue weighted by atomic mass is 10.3. The first-order chi connectivity index (χ1) is 8.99. The molecule has 0 aliphatic carbocycles. The van der Waals surface area contributed by atoms with Gasteiger partial charge in [0, 0.05) is 0 Å². The molecule has 0 heterocycles. The van der Waals surface area contributed by atoms with Crippen LogP contribution in [0.3, 0.4) is 0 Å². The number of benzene rings is 1. The maximum Gasteiger partial charge on any atom is 0.258 e. The Balaban J connectivity index is 2.47. The van der Waals surface area contributed by atoms with Crippen LogP contribution in [0.25, 0.3) is 0 Å². The molecule has 1 aromatic rings. The molecular formula is C11H13ClN4O3. The van der Waals surface area contributed by atoms with Gasteiger partial charge in [0.2, 0.25) is 5.91 Å². The molecule has 1 aromatic carbocycles. The Morgan fingerprint density at radius 3 is 2.63 bits per heavy atom. The van der Waals surface area contributed by atoms with Crippen LogP contribution in [-0.4, -0.2) is 24.3 Å². The van der Waals surface area contributed by atoms with Crippen molar-refractivity contribution in [2.75, 3.05) is 11.9 Å². The first-order valence-corrected chi connectivity index (χ1v) is 5.64. The van der Waals surface area contributed by atoms with Crippen molar-refractivity contribution in [3.05, 3.63) is 29.3 Å². The zero-order chi connectivity index (χ0) is 14.3. The number of primary amides is 1. The van der Waals surface area contributed by atoms with Crippen molar-refractivity contribution in [3.8, 4) is 0 Å². The molecule has 0 aliphatic heterocycles. The first kappa shape index (κ1) is 14.8. The normalized spacial score (nSPS) is 10.9. The molecule has 8 heteroatoms. The molecular weight excluding hydrogens is 272 g/mol. The molecule has 0 saturated carbocycles. The van der Waals surface area contributed by atoms with Crippen LogP contribution in [0.15, 0.2) is 29.4 Å². The monoisotopic (exact) mass is 284 g/mol. The highest BCUT2D eigenvalue weighted by Gasteiger charge is 2.07. The Hall–Kier alpha value is -2.28. The van der Waals surface area contributed by atoms with Crippen LogP contribution in [0.4, 0.5) is 5.69 Å². The van der Waals surface area contributed by atoms with Gasteiger partial charge in [-0.1, -0.05) is 28.9 Å². The highest BCUT2D eigenvalue weighted by Crippen LogP contribution is 2.20. The van der Waals surface area contributed by atoms with Crippen LogP contribution in [0.5, 0.6) is 0 Å². The molecule has 0 atom stereocenters. The van der Waals surface area contributed by atoms with E-state index in [4.69, 9.17) is 23.1 Å². The van der Waals surface area contributed by atoms with E-state index in [2.05, 4.69) is 15.3 Å². The van der Waals surface area contributed by atoms with E-state index in [1.54, 1.807) is 24.3 Å². The van der Waals surface area contributed by atoms with Gasteiger partial charge in [0.05, 0.1) is 17.1 Å².